The van der Waals surface area contributed by atoms with Crippen LogP contribution in [-0.2, 0) is 4.79 Å². The molecule has 1 aromatic carbocycles. The van der Waals surface area contributed by atoms with E-state index in [0.717, 1.165) is 30.4 Å². The minimum atomic E-state index is -0.0467. The average Bonchev–Trinajstić information content (AvgIpc) is 2.39. The predicted octanol–water partition coefficient (Wildman–Crippen LogP) is 2.04. The topological polar surface area (TPSA) is 41.6 Å². The van der Waals surface area contributed by atoms with Gasteiger partial charge in [-0.1, -0.05) is 22.0 Å². The van der Waals surface area contributed by atoms with Crippen LogP contribution in [0.3, 0.4) is 0 Å². The summed E-state index contributed by atoms with van der Waals surface area (Å²) in [6.45, 7) is 2.15. The lowest BCUT2D eigenvalue weighted by Crippen LogP contribution is -2.44. The van der Waals surface area contributed by atoms with Crippen molar-refractivity contribution < 1.29 is 9.53 Å². The number of carbonyl (C=O) groups excluding carboxylic acids is 1. The Labute approximate surface area is 122 Å². The van der Waals surface area contributed by atoms with E-state index in [1.54, 1.807) is 0 Å². The molecule has 19 heavy (non-hydrogen) atoms. The highest BCUT2D eigenvalue weighted by Crippen LogP contribution is 2.17. The molecule has 1 N–H and O–H groups in total. The van der Waals surface area contributed by atoms with Crippen molar-refractivity contribution in [2.24, 2.45) is 0 Å². The van der Waals surface area contributed by atoms with Gasteiger partial charge in [0.1, 0.15) is 5.75 Å². The van der Waals surface area contributed by atoms with Crippen LogP contribution in [0.5, 0.6) is 5.75 Å². The van der Waals surface area contributed by atoms with Gasteiger partial charge in [0, 0.05) is 10.5 Å². The smallest absolute Gasteiger partial charge is 0.258 e. The van der Waals surface area contributed by atoms with Gasteiger partial charge in [-0.2, -0.15) is 0 Å². The lowest BCUT2D eigenvalue weighted by atomic mass is 10.1. The van der Waals surface area contributed by atoms with E-state index in [0.29, 0.717) is 5.75 Å². The van der Waals surface area contributed by atoms with Crippen molar-refractivity contribution in [1.29, 1.82) is 0 Å². The molecule has 1 aliphatic heterocycles. The van der Waals surface area contributed by atoms with Gasteiger partial charge in [0.05, 0.1) is 0 Å². The Morgan fingerprint density at radius 1 is 1.47 bits per heavy atom. The van der Waals surface area contributed by atoms with Crippen molar-refractivity contribution in [3.05, 3.63) is 28.7 Å². The Kier molecular flexibility index (Phi) is 5.22. The van der Waals surface area contributed by atoms with Crippen molar-refractivity contribution in [2.45, 2.75) is 18.9 Å². The quantitative estimate of drug-likeness (QED) is 0.920. The van der Waals surface area contributed by atoms with Crippen LogP contribution in [-0.4, -0.2) is 43.6 Å². The van der Waals surface area contributed by atoms with Crippen molar-refractivity contribution >= 4 is 21.8 Å². The molecular weight excluding hydrogens is 308 g/mol. The average molecular weight is 327 g/mol. The molecule has 0 aromatic heterocycles. The molecule has 1 aromatic rings. The first-order chi connectivity index (χ1) is 9.13. The third kappa shape index (κ3) is 4.84. The van der Waals surface area contributed by atoms with E-state index < -0.39 is 0 Å². The maximum absolute atomic E-state index is 11.8. The molecule has 1 heterocycles. The molecule has 1 amide bonds. The Hall–Kier alpha value is -1.07. The number of rotatable bonds is 4. The first kappa shape index (κ1) is 14.3. The molecule has 0 spiro atoms. The number of hydrogen-bond donors (Lipinski definition) is 1. The van der Waals surface area contributed by atoms with Crippen LogP contribution in [0.4, 0.5) is 0 Å². The zero-order chi connectivity index (χ0) is 13.7. The van der Waals surface area contributed by atoms with Crippen LogP contribution in [0.1, 0.15) is 12.8 Å². The summed E-state index contributed by atoms with van der Waals surface area (Å²) >= 11 is 3.37. The monoisotopic (exact) mass is 326 g/mol. The van der Waals surface area contributed by atoms with Gasteiger partial charge in [0.25, 0.3) is 5.91 Å². The maximum atomic E-state index is 11.8. The molecule has 1 aliphatic rings. The minimum absolute atomic E-state index is 0.0467. The Bertz CT molecular complexity index is 431. The summed E-state index contributed by atoms with van der Waals surface area (Å²) in [5, 5.41) is 3.02. The summed E-state index contributed by atoms with van der Waals surface area (Å²) in [4.78, 5) is 14.1. The molecule has 104 valence electrons. The second-order valence-electron chi connectivity index (χ2n) is 4.89. The number of carbonyl (C=O) groups is 1. The first-order valence-corrected chi connectivity index (χ1v) is 7.29. The highest BCUT2D eigenvalue weighted by Gasteiger charge is 2.18. The fourth-order valence-electron chi connectivity index (χ4n) is 2.13. The Morgan fingerprint density at radius 2 is 2.21 bits per heavy atom. The van der Waals surface area contributed by atoms with Crippen molar-refractivity contribution in [3.63, 3.8) is 0 Å². The zero-order valence-corrected chi connectivity index (χ0v) is 12.6. The maximum Gasteiger partial charge on any atom is 0.258 e. The number of nitrogens with zero attached hydrogens (tertiary/aromatic N) is 1. The summed E-state index contributed by atoms with van der Waals surface area (Å²) in [7, 11) is 2.11. The van der Waals surface area contributed by atoms with Crippen LogP contribution in [0.25, 0.3) is 0 Å². The third-order valence-electron chi connectivity index (χ3n) is 3.25. The van der Waals surface area contributed by atoms with Gasteiger partial charge in [0.2, 0.25) is 0 Å². The molecule has 1 saturated heterocycles. The fraction of sp³-hybridized carbons (Fsp3) is 0.500. The number of amides is 1. The SMILES string of the molecule is CN1CCC(NC(=O)COc2cccc(Br)c2)CC1. The second kappa shape index (κ2) is 6.91. The van der Waals surface area contributed by atoms with E-state index in [-0.39, 0.29) is 18.6 Å². The van der Waals surface area contributed by atoms with E-state index in [4.69, 9.17) is 4.74 Å². The lowest BCUT2D eigenvalue weighted by Gasteiger charge is -2.29. The van der Waals surface area contributed by atoms with Gasteiger partial charge in [-0.15, -0.1) is 0 Å². The molecule has 1 fully saturated rings. The molecule has 2 rings (SSSR count). The van der Waals surface area contributed by atoms with Crippen LogP contribution >= 0.6 is 15.9 Å². The van der Waals surface area contributed by atoms with Gasteiger partial charge >= 0.3 is 0 Å². The van der Waals surface area contributed by atoms with Crippen molar-refractivity contribution in [3.8, 4) is 5.75 Å². The fourth-order valence-corrected chi connectivity index (χ4v) is 2.51. The van der Waals surface area contributed by atoms with E-state index >= 15 is 0 Å². The largest absolute Gasteiger partial charge is 0.484 e. The predicted molar refractivity (Wildman–Crippen MR) is 78.3 cm³/mol. The lowest BCUT2D eigenvalue weighted by molar-refractivity contribution is -0.124. The summed E-state index contributed by atoms with van der Waals surface area (Å²) in [6, 6.07) is 7.78. The first-order valence-electron chi connectivity index (χ1n) is 6.50. The standard InChI is InChI=1S/C14H19BrN2O2/c1-17-7-5-12(6-8-17)16-14(18)10-19-13-4-2-3-11(15)9-13/h2-4,9,12H,5-8,10H2,1H3,(H,16,18). The van der Waals surface area contributed by atoms with Crippen LogP contribution < -0.4 is 10.1 Å². The Balaban J connectivity index is 1.73. The highest BCUT2D eigenvalue weighted by atomic mass is 79.9. The van der Waals surface area contributed by atoms with Gasteiger partial charge in [-0.3, -0.25) is 4.79 Å². The van der Waals surface area contributed by atoms with Crippen molar-refractivity contribution in [1.82, 2.24) is 10.2 Å². The normalized spacial score (nSPS) is 17.2. The Morgan fingerprint density at radius 3 is 2.89 bits per heavy atom. The molecule has 4 nitrogen and oxygen atoms in total. The zero-order valence-electron chi connectivity index (χ0n) is 11.1. The number of nitrogens with one attached hydrogen (secondary N) is 1. The second-order valence-corrected chi connectivity index (χ2v) is 5.81. The van der Waals surface area contributed by atoms with Gasteiger partial charge in [0.15, 0.2) is 6.61 Å². The summed E-state index contributed by atoms with van der Waals surface area (Å²) in [6.07, 6.45) is 2.03. The summed E-state index contributed by atoms with van der Waals surface area (Å²) in [5.74, 6) is 0.655. The van der Waals surface area contributed by atoms with Crippen LogP contribution in [0.2, 0.25) is 0 Å². The number of ether oxygens (including phenoxy) is 1. The molecule has 0 unspecified atom stereocenters. The van der Waals surface area contributed by atoms with Gasteiger partial charge in [-0.25, -0.2) is 0 Å². The van der Waals surface area contributed by atoms with Gasteiger partial charge < -0.3 is 15.0 Å². The number of benzene rings is 1. The van der Waals surface area contributed by atoms with Crippen LogP contribution in [0.15, 0.2) is 28.7 Å². The third-order valence-corrected chi connectivity index (χ3v) is 3.74. The van der Waals surface area contributed by atoms with Crippen LogP contribution in [0, 0.1) is 0 Å². The molecule has 0 radical (unpaired) electrons. The summed E-state index contributed by atoms with van der Waals surface area (Å²) < 4.78 is 6.40. The van der Waals surface area contributed by atoms with E-state index in [1.807, 2.05) is 24.3 Å². The number of hydrogen-bond acceptors (Lipinski definition) is 3. The van der Waals surface area contributed by atoms with Crippen molar-refractivity contribution in [2.75, 3.05) is 26.7 Å². The number of likely N-dealkylation sites (tertiary alicyclic amines) is 1. The summed E-state index contributed by atoms with van der Waals surface area (Å²) in [5.41, 5.74) is 0. The van der Waals surface area contributed by atoms with E-state index in [2.05, 4.69) is 33.2 Å². The number of halogens is 1. The highest BCUT2D eigenvalue weighted by molar-refractivity contribution is 9.10. The molecule has 0 saturated carbocycles. The molecule has 0 bridgehead atoms. The number of piperidine rings is 1. The van der Waals surface area contributed by atoms with E-state index in [1.165, 1.54) is 0 Å². The minimum Gasteiger partial charge on any atom is -0.484 e. The molecule has 5 heteroatoms. The van der Waals surface area contributed by atoms with Gasteiger partial charge in [-0.05, 0) is 51.2 Å². The molecule has 0 atom stereocenters. The molecule has 0 aliphatic carbocycles. The van der Waals surface area contributed by atoms with E-state index in [9.17, 15) is 4.79 Å². The molecular formula is C14H19BrN2O2.